The molecule has 0 radical (unpaired) electrons. The minimum Gasteiger partial charge on any atom is -0.367 e. The van der Waals surface area contributed by atoms with Gasteiger partial charge in [-0.05, 0) is 37.5 Å². The summed E-state index contributed by atoms with van der Waals surface area (Å²) in [7, 11) is -3.45. The molecule has 1 unspecified atom stereocenters. The Balaban J connectivity index is 1.52. The molecule has 6 nitrogen and oxygen atoms in total. The molecule has 0 amide bonds. The predicted octanol–water partition coefficient (Wildman–Crippen LogP) is 3.01. The number of ether oxygens (including phenoxy) is 1. The molecule has 1 aromatic heterocycles. The zero-order chi connectivity index (χ0) is 19.6. The van der Waals surface area contributed by atoms with Gasteiger partial charge in [-0.25, -0.2) is 13.4 Å². The minimum absolute atomic E-state index is 0.275. The van der Waals surface area contributed by atoms with Gasteiger partial charge in [0.1, 0.15) is 16.3 Å². The van der Waals surface area contributed by atoms with Gasteiger partial charge in [-0.3, -0.25) is 0 Å². The number of nitrogens with zero attached hydrogens (tertiary/aromatic N) is 3. The first kappa shape index (κ1) is 19.4. The van der Waals surface area contributed by atoms with Gasteiger partial charge in [-0.1, -0.05) is 36.8 Å². The van der Waals surface area contributed by atoms with E-state index in [2.05, 4.69) is 28.9 Å². The van der Waals surface area contributed by atoms with Crippen LogP contribution in [0.25, 0.3) is 0 Å². The molecule has 0 aliphatic carbocycles. The third-order valence-electron chi connectivity index (χ3n) is 5.66. The molecule has 1 aromatic carbocycles. The van der Waals surface area contributed by atoms with Crippen LogP contribution in [0.15, 0.2) is 53.6 Å². The summed E-state index contributed by atoms with van der Waals surface area (Å²) in [4.78, 5) is 6.92. The number of piperidine rings is 1. The summed E-state index contributed by atoms with van der Waals surface area (Å²) >= 11 is 0. The van der Waals surface area contributed by atoms with Crippen LogP contribution in [0.4, 0.5) is 5.82 Å². The summed E-state index contributed by atoms with van der Waals surface area (Å²) in [5, 5.41) is 0. The van der Waals surface area contributed by atoms with E-state index in [4.69, 9.17) is 4.74 Å². The molecule has 2 saturated heterocycles. The summed E-state index contributed by atoms with van der Waals surface area (Å²) in [6, 6.07) is 13.7. The van der Waals surface area contributed by atoms with Gasteiger partial charge >= 0.3 is 0 Å². The van der Waals surface area contributed by atoms with Gasteiger partial charge in [0.05, 0.1) is 13.2 Å². The van der Waals surface area contributed by atoms with E-state index < -0.39 is 15.6 Å². The normalized spacial score (nSPS) is 24.2. The Bertz CT molecular complexity index is 896. The van der Waals surface area contributed by atoms with E-state index in [1.807, 2.05) is 24.3 Å². The highest BCUT2D eigenvalue weighted by Gasteiger charge is 2.34. The first-order valence-corrected chi connectivity index (χ1v) is 11.3. The Morgan fingerprint density at radius 1 is 1.00 bits per heavy atom. The van der Waals surface area contributed by atoms with Gasteiger partial charge in [0, 0.05) is 25.8 Å². The van der Waals surface area contributed by atoms with Crippen LogP contribution in [0.1, 0.15) is 31.7 Å². The highest BCUT2D eigenvalue weighted by atomic mass is 32.2. The number of rotatable bonds is 4. The average molecular weight is 402 g/mol. The van der Waals surface area contributed by atoms with Gasteiger partial charge in [0.25, 0.3) is 0 Å². The van der Waals surface area contributed by atoms with Crippen LogP contribution < -0.4 is 4.90 Å². The molecule has 3 heterocycles. The van der Waals surface area contributed by atoms with Crippen LogP contribution in [0.5, 0.6) is 0 Å². The zero-order valence-electron chi connectivity index (χ0n) is 16.3. The smallest absolute Gasteiger partial charge is 0.244 e. The molecular weight excluding hydrogens is 374 g/mol. The minimum atomic E-state index is -3.45. The quantitative estimate of drug-likeness (QED) is 0.788. The molecule has 0 bridgehead atoms. The van der Waals surface area contributed by atoms with Crippen molar-refractivity contribution in [1.29, 1.82) is 0 Å². The van der Waals surface area contributed by atoms with Crippen molar-refractivity contribution in [2.75, 3.05) is 37.7 Å². The van der Waals surface area contributed by atoms with E-state index in [-0.39, 0.29) is 4.90 Å². The summed E-state index contributed by atoms with van der Waals surface area (Å²) < 4.78 is 33.3. The van der Waals surface area contributed by atoms with Crippen LogP contribution in [0.3, 0.4) is 0 Å². The Kier molecular flexibility index (Phi) is 5.40. The summed E-state index contributed by atoms with van der Waals surface area (Å²) in [6.07, 6.45) is 4.45. The standard InChI is InChI=1S/C21H27N3O3S/c1-21(18-8-4-2-5-9-18)17-23(14-15-27-21)20-11-10-19(16-22-20)28(25,26)24-12-6-3-7-13-24/h2,4-5,8-11,16H,3,6-7,12-15,17H2,1H3. The molecule has 28 heavy (non-hydrogen) atoms. The molecule has 2 aliphatic heterocycles. The fourth-order valence-electron chi connectivity index (χ4n) is 4.00. The molecule has 2 aliphatic rings. The number of hydrogen-bond acceptors (Lipinski definition) is 5. The maximum absolute atomic E-state index is 12.8. The molecule has 0 N–H and O–H groups in total. The first-order valence-electron chi connectivity index (χ1n) is 9.90. The molecule has 2 aromatic rings. The maximum atomic E-state index is 12.8. The van der Waals surface area contributed by atoms with Gasteiger partial charge in [0.15, 0.2) is 0 Å². The second-order valence-corrected chi connectivity index (χ2v) is 9.62. The topological polar surface area (TPSA) is 62.7 Å². The Morgan fingerprint density at radius 3 is 2.43 bits per heavy atom. The van der Waals surface area contributed by atoms with Gasteiger partial charge in [0.2, 0.25) is 10.0 Å². The molecule has 0 saturated carbocycles. The van der Waals surface area contributed by atoms with Crippen molar-refractivity contribution in [1.82, 2.24) is 9.29 Å². The van der Waals surface area contributed by atoms with E-state index >= 15 is 0 Å². The van der Waals surface area contributed by atoms with Crippen LogP contribution in [0, 0.1) is 0 Å². The van der Waals surface area contributed by atoms with Crippen molar-refractivity contribution in [3.63, 3.8) is 0 Å². The van der Waals surface area contributed by atoms with E-state index in [0.29, 0.717) is 26.2 Å². The van der Waals surface area contributed by atoms with Crippen LogP contribution >= 0.6 is 0 Å². The molecule has 2 fully saturated rings. The lowest BCUT2D eigenvalue weighted by atomic mass is 9.94. The second kappa shape index (κ2) is 7.81. The van der Waals surface area contributed by atoms with Crippen LogP contribution in [-0.2, 0) is 20.4 Å². The van der Waals surface area contributed by atoms with Crippen LogP contribution in [-0.4, -0.2) is 50.5 Å². The van der Waals surface area contributed by atoms with E-state index in [1.54, 1.807) is 10.4 Å². The fourth-order valence-corrected chi connectivity index (χ4v) is 5.46. The summed E-state index contributed by atoms with van der Waals surface area (Å²) in [5.41, 5.74) is 0.712. The van der Waals surface area contributed by atoms with E-state index in [9.17, 15) is 8.42 Å². The molecule has 150 valence electrons. The molecular formula is C21H27N3O3S. The van der Waals surface area contributed by atoms with E-state index in [1.165, 1.54) is 6.20 Å². The molecule has 1 atom stereocenters. The number of morpholine rings is 1. The largest absolute Gasteiger partial charge is 0.367 e. The van der Waals surface area contributed by atoms with E-state index in [0.717, 1.165) is 37.2 Å². The Hall–Kier alpha value is -1.96. The number of aromatic nitrogens is 1. The number of hydrogen-bond donors (Lipinski definition) is 0. The highest BCUT2D eigenvalue weighted by Crippen LogP contribution is 2.31. The zero-order valence-corrected chi connectivity index (χ0v) is 17.1. The lowest BCUT2D eigenvalue weighted by Crippen LogP contribution is -2.48. The summed E-state index contributed by atoms with van der Waals surface area (Å²) in [5.74, 6) is 0.781. The predicted molar refractivity (Wildman–Crippen MR) is 109 cm³/mol. The van der Waals surface area contributed by atoms with Gasteiger partial charge in [-0.2, -0.15) is 4.31 Å². The first-order chi connectivity index (χ1) is 13.5. The number of sulfonamides is 1. The van der Waals surface area contributed by atoms with Crippen molar-refractivity contribution >= 4 is 15.8 Å². The lowest BCUT2D eigenvalue weighted by Gasteiger charge is -2.41. The SMILES string of the molecule is CC1(c2ccccc2)CN(c2ccc(S(=O)(=O)N3CCCCC3)cn2)CCO1. The maximum Gasteiger partial charge on any atom is 0.244 e. The highest BCUT2D eigenvalue weighted by molar-refractivity contribution is 7.89. The average Bonchev–Trinajstić information content (AvgIpc) is 2.75. The molecule has 0 spiro atoms. The van der Waals surface area contributed by atoms with Crippen molar-refractivity contribution < 1.29 is 13.2 Å². The number of pyridine rings is 1. The van der Waals surface area contributed by atoms with Crippen molar-refractivity contribution in [3.8, 4) is 0 Å². The van der Waals surface area contributed by atoms with Gasteiger partial charge < -0.3 is 9.64 Å². The van der Waals surface area contributed by atoms with Crippen molar-refractivity contribution in [2.45, 2.75) is 36.7 Å². The third-order valence-corrected chi connectivity index (χ3v) is 7.54. The Labute approximate surface area is 167 Å². The molecule has 7 heteroatoms. The lowest BCUT2D eigenvalue weighted by molar-refractivity contribution is -0.0468. The monoisotopic (exact) mass is 401 g/mol. The third kappa shape index (κ3) is 3.79. The Morgan fingerprint density at radius 2 is 1.75 bits per heavy atom. The van der Waals surface area contributed by atoms with Crippen LogP contribution in [0.2, 0.25) is 0 Å². The van der Waals surface area contributed by atoms with Crippen molar-refractivity contribution in [3.05, 3.63) is 54.2 Å². The molecule has 4 rings (SSSR count). The fraction of sp³-hybridized carbons (Fsp3) is 0.476. The van der Waals surface area contributed by atoms with Crippen molar-refractivity contribution in [2.24, 2.45) is 0 Å². The number of anilines is 1. The van der Waals surface area contributed by atoms with Gasteiger partial charge in [-0.15, -0.1) is 0 Å². The summed E-state index contributed by atoms with van der Waals surface area (Å²) in [6.45, 7) is 5.28. The number of benzene rings is 1. The second-order valence-electron chi connectivity index (χ2n) is 7.68.